The van der Waals surface area contributed by atoms with E-state index in [1.54, 1.807) is 5.32 Å². The fourth-order valence-electron chi connectivity index (χ4n) is 3.53. The summed E-state index contributed by atoms with van der Waals surface area (Å²) in [5.74, 6) is -7.95. The Balaban J connectivity index is 1.55. The topological polar surface area (TPSA) is 95.6 Å². The Hall–Kier alpha value is -3.33. The molecule has 2 aliphatic rings. The molecular weight excluding hydrogens is 444 g/mol. The highest BCUT2D eigenvalue weighted by Gasteiger charge is 2.41. The second kappa shape index (κ2) is 8.31. The highest BCUT2D eigenvalue weighted by Crippen LogP contribution is 2.30. The molecule has 2 aliphatic heterocycles. The molecule has 2 aromatic rings. The maximum absolute atomic E-state index is 14.8. The number of hydrogen-bond donors (Lipinski definition) is 2. The number of alkyl halides is 2. The zero-order valence-electron chi connectivity index (χ0n) is 20.3. The molecule has 1 unspecified atom stereocenters. The molecule has 0 spiro atoms. The molecule has 1 saturated heterocycles. The first-order valence-electron chi connectivity index (χ1n) is 11.5. The molecule has 4 amide bonds. The van der Waals surface area contributed by atoms with E-state index < -0.39 is 59.7 Å². The van der Waals surface area contributed by atoms with E-state index in [9.17, 15) is 28.0 Å². The molecule has 0 radical (unpaired) electrons. The first-order chi connectivity index (χ1) is 16.7. The van der Waals surface area contributed by atoms with Crippen molar-refractivity contribution in [1.82, 2.24) is 15.5 Å². The highest BCUT2D eigenvalue weighted by molar-refractivity contribution is 6.30. The first kappa shape index (κ1) is 17.3. The van der Waals surface area contributed by atoms with Crippen LogP contribution in [0.1, 0.15) is 45.4 Å². The Morgan fingerprint density at radius 1 is 1.28 bits per heavy atom. The average Bonchev–Trinajstić information content (AvgIpc) is 3.11. The van der Waals surface area contributed by atoms with Gasteiger partial charge in [-0.15, -0.1) is 0 Å². The zero-order valence-corrected chi connectivity index (χ0v) is 17.1. The maximum Gasteiger partial charge on any atom is 0.349 e. The van der Waals surface area contributed by atoms with E-state index in [4.69, 9.17) is 17.1 Å². The van der Waals surface area contributed by atoms with E-state index in [-0.39, 0.29) is 35.5 Å². The van der Waals surface area contributed by atoms with Crippen LogP contribution in [0.4, 0.5) is 8.78 Å². The van der Waals surface area contributed by atoms with Gasteiger partial charge in [0, 0.05) is 35.6 Å². The van der Waals surface area contributed by atoms with Crippen LogP contribution in [0.5, 0.6) is 0 Å². The van der Waals surface area contributed by atoms with Crippen LogP contribution in [0.2, 0.25) is 5.02 Å². The molecule has 1 atom stereocenters. The summed E-state index contributed by atoms with van der Waals surface area (Å²) in [5, 5.41) is 3.54. The maximum atomic E-state index is 14.8. The zero-order chi connectivity index (χ0) is 26.6. The van der Waals surface area contributed by atoms with Crippen LogP contribution in [0.15, 0.2) is 42.4 Å². The van der Waals surface area contributed by atoms with Gasteiger partial charge in [-0.25, -0.2) is 0 Å². The van der Waals surface area contributed by atoms with Gasteiger partial charge >= 0.3 is 5.92 Å². The van der Waals surface area contributed by atoms with Gasteiger partial charge in [0.2, 0.25) is 11.8 Å². The van der Waals surface area contributed by atoms with E-state index in [0.29, 0.717) is 11.6 Å². The lowest BCUT2D eigenvalue weighted by Gasteiger charge is -2.29. The number of carbonyl (C=O) groups excluding carboxylic acids is 4. The van der Waals surface area contributed by atoms with Crippen molar-refractivity contribution in [3.8, 4) is 0 Å². The molecule has 2 N–H and O–H groups in total. The Bertz CT molecular complexity index is 1320. The second-order valence-electron chi connectivity index (χ2n) is 7.26. The number of rotatable bonds is 5. The summed E-state index contributed by atoms with van der Waals surface area (Å²) < 4.78 is 61.2. The van der Waals surface area contributed by atoms with Gasteiger partial charge in [0.05, 0.1) is 5.48 Å². The molecule has 0 bridgehead atoms. The van der Waals surface area contributed by atoms with E-state index in [0.717, 1.165) is 12.1 Å². The van der Waals surface area contributed by atoms with Crippen LogP contribution in [-0.4, -0.2) is 34.6 Å². The molecule has 0 aromatic heterocycles. The van der Waals surface area contributed by atoms with Gasteiger partial charge in [-0.05, 0) is 35.7 Å². The number of amides is 4. The van der Waals surface area contributed by atoms with E-state index in [1.807, 2.05) is 0 Å². The Morgan fingerprint density at radius 2 is 2.06 bits per heavy atom. The lowest BCUT2D eigenvalue weighted by Crippen LogP contribution is -2.52. The van der Waals surface area contributed by atoms with Crippen molar-refractivity contribution >= 4 is 35.2 Å². The van der Waals surface area contributed by atoms with Crippen LogP contribution in [-0.2, 0) is 33.3 Å². The summed E-state index contributed by atoms with van der Waals surface area (Å²) in [7, 11) is 0. The van der Waals surface area contributed by atoms with Crippen molar-refractivity contribution in [2.24, 2.45) is 0 Å². The molecule has 1 fully saturated rings. The molecule has 32 heavy (non-hydrogen) atoms. The highest BCUT2D eigenvalue weighted by atomic mass is 35.5. The van der Waals surface area contributed by atoms with E-state index >= 15 is 0 Å². The number of benzene rings is 2. The van der Waals surface area contributed by atoms with Crippen LogP contribution in [0, 0.1) is 0 Å². The number of fused-ring (bicyclic) bond motifs is 1. The largest absolute Gasteiger partial charge is 0.349 e. The Morgan fingerprint density at radius 3 is 2.81 bits per heavy atom. The Labute approximate surface area is 192 Å². The fourth-order valence-corrected chi connectivity index (χ4v) is 3.64. The molecule has 7 nitrogen and oxygen atoms in total. The average molecular weight is 466 g/mol. The van der Waals surface area contributed by atoms with Crippen LogP contribution in [0.3, 0.4) is 0 Å². The van der Waals surface area contributed by atoms with Crippen LogP contribution >= 0.6 is 11.6 Å². The SMILES string of the molecule is [2H]c1cc(C(F)(F)C(=O)NC([2H])([2H])c2ccc3c(c2)CN(C2CCC(=O)NC2=O)C3=O)c([2H])cc1Cl. The molecule has 2 aromatic carbocycles. The summed E-state index contributed by atoms with van der Waals surface area (Å²) in [6.07, 6.45) is 0.186. The number of nitrogens with one attached hydrogen (secondary N) is 2. The van der Waals surface area contributed by atoms with Crippen molar-refractivity contribution in [2.45, 2.75) is 37.8 Å². The lowest BCUT2D eigenvalue weighted by molar-refractivity contribution is -0.147. The number of imide groups is 1. The second-order valence-corrected chi connectivity index (χ2v) is 7.67. The Kier molecular flexibility index (Phi) is 4.48. The van der Waals surface area contributed by atoms with Crippen LogP contribution in [0.25, 0.3) is 0 Å². The third kappa shape index (κ3) is 4.08. The fraction of sp³-hybridized carbons (Fsp3) is 0.273. The predicted molar refractivity (Wildman–Crippen MR) is 110 cm³/mol. The van der Waals surface area contributed by atoms with Crippen molar-refractivity contribution in [3.05, 3.63) is 69.7 Å². The quantitative estimate of drug-likeness (QED) is 0.663. The minimum Gasteiger partial charge on any atom is -0.346 e. The number of halogens is 3. The van der Waals surface area contributed by atoms with Gasteiger partial charge in [0.25, 0.3) is 11.8 Å². The van der Waals surface area contributed by atoms with Crippen molar-refractivity contribution in [2.75, 3.05) is 0 Å². The summed E-state index contributed by atoms with van der Waals surface area (Å²) in [6, 6.07) is 2.82. The van der Waals surface area contributed by atoms with Crippen molar-refractivity contribution < 1.29 is 33.4 Å². The predicted octanol–water partition coefficient (Wildman–Crippen LogP) is 2.51. The molecule has 0 aliphatic carbocycles. The summed E-state index contributed by atoms with van der Waals surface area (Å²) >= 11 is 5.66. The molecule has 2 heterocycles. The third-order valence-corrected chi connectivity index (χ3v) is 5.39. The number of nitrogens with zero attached hydrogens (tertiary/aromatic N) is 1. The van der Waals surface area contributed by atoms with Crippen molar-refractivity contribution in [3.63, 3.8) is 0 Å². The van der Waals surface area contributed by atoms with Gasteiger partial charge in [0.1, 0.15) is 6.04 Å². The van der Waals surface area contributed by atoms with Gasteiger partial charge < -0.3 is 10.2 Å². The van der Waals surface area contributed by atoms with Crippen molar-refractivity contribution in [1.29, 1.82) is 0 Å². The summed E-state index contributed by atoms with van der Waals surface area (Å²) in [5.41, 5.74) is -0.840. The van der Waals surface area contributed by atoms with Crippen LogP contribution < -0.4 is 10.6 Å². The molecule has 166 valence electrons. The third-order valence-electron chi connectivity index (χ3n) is 5.18. The monoisotopic (exact) mass is 465 g/mol. The number of carbonyl (C=O) groups is 4. The number of hydrogen-bond acceptors (Lipinski definition) is 4. The molecule has 0 saturated carbocycles. The van der Waals surface area contributed by atoms with E-state index in [1.165, 1.54) is 17.0 Å². The minimum absolute atomic E-state index is 0.0555. The van der Waals surface area contributed by atoms with Gasteiger partial charge in [0.15, 0.2) is 0 Å². The summed E-state index contributed by atoms with van der Waals surface area (Å²) in [4.78, 5) is 50.0. The minimum atomic E-state index is -4.35. The molecule has 4 rings (SSSR count). The molecular formula is C22H18ClF2N3O4. The number of piperidine rings is 1. The smallest absolute Gasteiger partial charge is 0.346 e. The normalized spacial score (nSPS) is 20.7. The summed E-state index contributed by atoms with van der Waals surface area (Å²) in [6.45, 7) is -2.88. The standard InChI is InChI=1S/C22H18ClF2N3O4/c23-15-4-2-14(3-5-15)22(24,25)21(32)26-10-12-1-6-16-13(9-12)11-28(20(16)31)17-7-8-18(29)27-19(17)30/h1-6,9,17H,7-8,10-11H2,(H,26,32)(H,27,29,30)/i2D,5D,10D2. The van der Waals surface area contributed by atoms with E-state index in [2.05, 4.69) is 5.32 Å². The first-order valence-corrected chi connectivity index (χ1v) is 9.86. The van der Waals surface area contributed by atoms with Gasteiger partial charge in [-0.2, -0.15) is 8.78 Å². The van der Waals surface area contributed by atoms with Gasteiger partial charge in [-0.3, -0.25) is 24.5 Å². The lowest BCUT2D eigenvalue weighted by atomic mass is 10.0. The van der Waals surface area contributed by atoms with Gasteiger partial charge in [-0.1, -0.05) is 35.8 Å². The molecule has 10 heteroatoms.